The summed E-state index contributed by atoms with van der Waals surface area (Å²) in [6.07, 6.45) is 4.63. The van der Waals surface area contributed by atoms with Crippen molar-refractivity contribution in [2.24, 2.45) is 0 Å². The summed E-state index contributed by atoms with van der Waals surface area (Å²) in [5, 5.41) is 12.6. The van der Waals surface area contributed by atoms with Gasteiger partial charge in [-0.3, -0.25) is 5.32 Å². The maximum atomic E-state index is 11.5. The van der Waals surface area contributed by atoms with Crippen LogP contribution in [0.2, 0.25) is 0 Å². The molecule has 0 aromatic carbocycles. The quantitative estimate of drug-likeness (QED) is 0.688. The number of rotatable bonds is 8. The van der Waals surface area contributed by atoms with E-state index in [9.17, 15) is 13.7 Å². The van der Waals surface area contributed by atoms with Gasteiger partial charge in [-0.15, -0.1) is 0 Å². The van der Waals surface area contributed by atoms with Gasteiger partial charge in [0.1, 0.15) is 5.54 Å². The molecule has 0 spiro atoms. The van der Waals surface area contributed by atoms with Crippen LogP contribution in [0.5, 0.6) is 0 Å². The number of unbranched alkanes of at least 4 members (excludes halogenated alkanes) is 1. The summed E-state index contributed by atoms with van der Waals surface area (Å²) < 4.78 is 23.1. The molecule has 0 amide bonds. The first-order valence-corrected chi connectivity index (χ1v) is 9.82. The van der Waals surface area contributed by atoms with Crippen LogP contribution in [0.25, 0.3) is 0 Å². The van der Waals surface area contributed by atoms with Crippen LogP contribution in [0.3, 0.4) is 0 Å². The van der Waals surface area contributed by atoms with Gasteiger partial charge < -0.3 is 4.90 Å². The minimum Gasteiger partial charge on any atom is -0.302 e. The van der Waals surface area contributed by atoms with Crippen LogP contribution in [0.4, 0.5) is 0 Å². The van der Waals surface area contributed by atoms with Crippen molar-refractivity contribution >= 4 is 9.84 Å². The molecule has 0 radical (unpaired) electrons. The van der Waals surface area contributed by atoms with Gasteiger partial charge in [-0.05, 0) is 58.7 Å². The molecule has 1 unspecified atom stereocenters. The molecular weight excluding hydrogens is 286 g/mol. The lowest BCUT2D eigenvalue weighted by Gasteiger charge is -2.24. The topological polar surface area (TPSA) is 73.2 Å². The van der Waals surface area contributed by atoms with Crippen LogP contribution in [-0.4, -0.2) is 56.5 Å². The molecule has 6 heteroatoms. The molecule has 1 aliphatic rings. The standard InChI is InChI=1S/C15H29N3O2S/c1-3-8-17-15(2,14-16)7-4-5-9-18-10-6-12-21(19,20)13-11-18/h17H,3-13H2,1-2H3. The molecule has 122 valence electrons. The second-order valence-electron chi connectivity index (χ2n) is 6.17. The van der Waals surface area contributed by atoms with Gasteiger partial charge in [0.2, 0.25) is 0 Å². The number of sulfone groups is 1. The van der Waals surface area contributed by atoms with Crippen molar-refractivity contribution < 1.29 is 8.42 Å². The Balaban J connectivity index is 2.26. The van der Waals surface area contributed by atoms with Crippen molar-refractivity contribution in [1.29, 1.82) is 5.26 Å². The van der Waals surface area contributed by atoms with Crippen molar-refractivity contribution in [1.82, 2.24) is 10.2 Å². The predicted molar refractivity (Wildman–Crippen MR) is 85.9 cm³/mol. The maximum Gasteiger partial charge on any atom is 0.151 e. The van der Waals surface area contributed by atoms with E-state index in [0.717, 1.165) is 51.7 Å². The summed E-state index contributed by atoms with van der Waals surface area (Å²) in [6.45, 7) is 7.40. The highest BCUT2D eigenvalue weighted by atomic mass is 32.2. The summed E-state index contributed by atoms with van der Waals surface area (Å²) >= 11 is 0. The van der Waals surface area contributed by atoms with Crippen molar-refractivity contribution in [3.63, 3.8) is 0 Å². The first-order chi connectivity index (χ1) is 9.91. The molecule has 0 bridgehead atoms. The molecule has 0 aromatic heterocycles. The van der Waals surface area contributed by atoms with E-state index < -0.39 is 15.4 Å². The summed E-state index contributed by atoms with van der Waals surface area (Å²) in [4.78, 5) is 2.24. The third-order valence-corrected chi connectivity index (χ3v) is 5.78. The van der Waals surface area contributed by atoms with Crippen molar-refractivity contribution in [2.45, 2.75) is 51.5 Å². The summed E-state index contributed by atoms with van der Waals surface area (Å²) in [7, 11) is -2.81. The van der Waals surface area contributed by atoms with E-state index in [-0.39, 0.29) is 0 Å². The summed E-state index contributed by atoms with van der Waals surface area (Å²) in [5.41, 5.74) is -0.432. The van der Waals surface area contributed by atoms with Gasteiger partial charge in [0.15, 0.2) is 9.84 Å². The molecule has 0 aliphatic carbocycles. The molecule has 1 saturated heterocycles. The highest BCUT2D eigenvalue weighted by molar-refractivity contribution is 7.91. The van der Waals surface area contributed by atoms with Gasteiger partial charge in [-0.25, -0.2) is 8.42 Å². The normalized spacial score (nSPS) is 22.1. The minimum absolute atomic E-state index is 0.293. The van der Waals surface area contributed by atoms with Crippen LogP contribution < -0.4 is 5.32 Å². The fourth-order valence-electron chi connectivity index (χ4n) is 2.61. The zero-order valence-corrected chi connectivity index (χ0v) is 14.2. The highest BCUT2D eigenvalue weighted by Gasteiger charge is 2.22. The van der Waals surface area contributed by atoms with Gasteiger partial charge in [0.25, 0.3) is 0 Å². The second-order valence-corrected chi connectivity index (χ2v) is 8.48. The van der Waals surface area contributed by atoms with Gasteiger partial charge in [-0.2, -0.15) is 5.26 Å². The Kier molecular flexibility index (Phi) is 7.64. The first-order valence-electron chi connectivity index (χ1n) is 8.00. The van der Waals surface area contributed by atoms with Crippen LogP contribution >= 0.6 is 0 Å². The van der Waals surface area contributed by atoms with E-state index in [1.165, 1.54) is 0 Å². The van der Waals surface area contributed by atoms with Crippen LogP contribution in [0, 0.1) is 11.3 Å². The van der Waals surface area contributed by atoms with Crippen molar-refractivity contribution in [3.8, 4) is 6.07 Å². The molecule has 1 N–H and O–H groups in total. The number of hydrogen-bond acceptors (Lipinski definition) is 5. The molecular formula is C15H29N3O2S. The smallest absolute Gasteiger partial charge is 0.151 e. The highest BCUT2D eigenvalue weighted by Crippen LogP contribution is 2.14. The Morgan fingerprint density at radius 3 is 2.71 bits per heavy atom. The van der Waals surface area contributed by atoms with E-state index in [2.05, 4.69) is 23.2 Å². The number of nitrogens with zero attached hydrogens (tertiary/aromatic N) is 2. The van der Waals surface area contributed by atoms with Crippen molar-refractivity contribution in [2.75, 3.05) is 37.7 Å². The molecule has 1 fully saturated rings. The number of hydrogen-bond donors (Lipinski definition) is 1. The fraction of sp³-hybridized carbons (Fsp3) is 0.933. The number of nitrogens with one attached hydrogen (secondary N) is 1. The SMILES string of the molecule is CCCNC(C)(C#N)CCCCN1CCCS(=O)(=O)CC1. The molecule has 0 aromatic rings. The summed E-state index contributed by atoms with van der Waals surface area (Å²) in [6, 6.07) is 2.37. The van der Waals surface area contributed by atoms with Gasteiger partial charge in [0, 0.05) is 6.54 Å². The summed E-state index contributed by atoms with van der Waals surface area (Å²) in [5.74, 6) is 0.623. The predicted octanol–water partition coefficient (Wildman–Crippen LogP) is 1.56. The Morgan fingerprint density at radius 1 is 1.29 bits per heavy atom. The zero-order valence-electron chi connectivity index (χ0n) is 13.4. The minimum atomic E-state index is -2.81. The molecule has 1 rings (SSSR count). The lowest BCUT2D eigenvalue weighted by atomic mass is 9.96. The average molecular weight is 315 g/mol. The third kappa shape index (κ3) is 7.25. The van der Waals surface area contributed by atoms with E-state index >= 15 is 0 Å². The Hall–Kier alpha value is -0.640. The first kappa shape index (κ1) is 18.4. The van der Waals surface area contributed by atoms with Crippen LogP contribution in [0.15, 0.2) is 0 Å². The van der Waals surface area contributed by atoms with E-state index in [0.29, 0.717) is 18.1 Å². The fourth-order valence-corrected chi connectivity index (χ4v) is 3.92. The molecule has 5 nitrogen and oxygen atoms in total. The van der Waals surface area contributed by atoms with Crippen molar-refractivity contribution in [3.05, 3.63) is 0 Å². The molecule has 1 aliphatic heterocycles. The Bertz CT molecular complexity index is 444. The van der Waals surface area contributed by atoms with E-state index in [4.69, 9.17) is 0 Å². The Labute approximate surface area is 129 Å². The molecule has 0 saturated carbocycles. The third-order valence-electron chi connectivity index (χ3n) is 4.06. The van der Waals surface area contributed by atoms with E-state index in [1.54, 1.807) is 0 Å². The maximum absolute atomic E-state index is 11.5. The van der Waals surface area contributed by atoms with Gasteiger partial charge in [0.05, 0.1) is 17.6 Å². The van der Waals surface area contributed by atoms with Crippen LogP contribution in [0.1, 0.15) is 46.0 Å². The zero-order chi connectivity index (χ0) is 15.8. The molecule has 21 heavy (non-hydrogen) atoms. The van der Waals surface area contributed by atoms with Crippen LogP contribution in [-0.2, 0) is 9.84 Å². The number of nitriles is 1. The average Bonchev–Trinajstić information content (AvgIpc) is 2.62. The lowest BCUT2D eigenvalue weighted by Crippen LogP contribution is -2.41. The van der Waals surface area contributed by atoms with E-state index in [1.807, 2.05) is 6.92 Å². The van der Waals surface area contributed by atoms with Gasteiger partial charge >= 0.3 is 0 Å². The monoisotopic (exact) mass is 315 g/mol. The van der Waals surface area contributed by atoms with Gasteiger partial charge in [-0.1, -0.05) is 6.92 Å². The second kappa shape index (κ2) is 8.72. The molecule has 1 atom stereocenters. The Morgan fingerprint density at radius 2 is 2.05 bits per heavy atom. The molecule has 1 heterocycles. The largest absolute Gasteiger partial charge is 0.302 e. The lowest BCUT2D eigenvalue weighted by molar-refractivity contribution is 0.281.